The molecule has 4 heterocycles. The van der Waals surface area contributed by atoms with Gasteiger partial charge in [-0.05, 0) is 30.7 Å². The van der Waals surface area contributed by atoms with Crippen LogP contribution < -0.4 is 5.73 Å². The van der Waals surface area contributed by atoms with Gasteiger partial charge in [0.25, 0.3) is 5.91 Å². The smallest absolute Gasteiger partial charge is 0.275 e. The molecule has 11 nitrogen and oxygen atoms in total. The topological polar surface area (TPSA) is 160 Å². The van der Waals surface area contributed by atoms with Gasteiger partial charge in [-0.2, -0.15) is 15.3 Å². The van der Waals surface area contributed by atoms with Crippen molar-refractivity contribution in [1.82, 2.24) is 34.6 Å². The minimum atomic E-state index is -1.49. The number of nitriles is 1. The second-order valence-electron chi connectivity index (χ2n) is 7.95. The van der Waals surface area contributed by atoms with E-state index >= 15 is 0 Å². The van der Waals surface area contributed by atoms with Crippen LogP contribution in [0.25, 0.3) is 16.7 Å². The summed E-state index contributed by atoms with van der Waals surface area (Å²) < 4.78 is 1.49. The molecule has 5 rings (SSSR count). The number of carbonyl (C=O) groups is 1. The second kappa shape index (κ2) is 7.61. The SMILES string of the molecule is CC(O)(c1ccc2c(C(=O)N3CC(C#N)C3)nn(-c3ccnc(N)n3)c2c1)c1ncccn1. The lowest BCUT2D eigenvalue weighted by atomic mass is 9.93. The predicted octanol–water partition coefficient (Wildman–Crippen LogP) is 1.04. The third-order valence-electron chi connectivity index (χ3n) is 5.67. The van der Waals surface area contributed by atoms with Gasteiger partial charge in [-0.25, -0.2) is 19.6 Å². The third kappa shape index (κ3) is 3.42. The first kappa shape index (κ1) is 20.5. The van der Waals surface area contributed by atoms with Gasteiger partial charge in [-0.1, -0.05) is 6.07 Å². The summed E-state index contributed by atoms with van der Waals surface area (Å²) in [5, 5.41) is 25.4. The highest BCUT2D eigenvalue weighted by atomic mass is 16.3. The maximum Gasteiger partial charge on any atom is 0.275 e. The summed E-state index contributed by atoms with van der Waals surface area (Å²) in [5.74, 6) is 0.220. The van der Waals surface area contributed by atoms with Gasteiger partial charge in [0, 0.05) is 43.1 Å². The summed E-state index contributed by atoms with van der Waals surface area (Å²) in [7, 11) is 0. The molecule has 1 atom stereocenters. The van der Waals surface area contributed by atoms with Crippen LogP contribution in [0.3, 0.4) is 0 Å². The first-order valence-corrected chi connectivity index (χ1v) is 10.2. The van der Waals surface area contributed by atoms with E-state index in [4.69, 9.17) is 11.0 Å². The van der Waals surface area contributed by atoms with E-state index in [1.54, 1.807) is 54.5 Å². The summed E-state index contributed by atoms with van der Waals surface area (Å²) in [6, 6.07) is 10.6. The van der Waals surface area contributed by atoms with E-state index in [1.807, 2.05) is 0 Å². The second-order valence-corrected chi connectivity index (χ2v) is 7.95. The van der Waals surface area contributed by atoms with Crippen LogP contribution in [-0.4, -0.2) is 58.7 Å². The van der Waals surface area contributed by atoms with Crippen molar-refractivity contribution in [3.05, 3.63) is 66.0 Å². The molecule has 0 saturated carbocycles. The molecule has 1 aliphatic rings. The molecule has 1 aromatic carbocycles. The van der Waals surface area contributed by atoms with Crippen LogP contribution >= 0.6 is 0 Å². The molecule has 164 valence electrons. The van der Waals surface area contributed by atoms with Crippen molar-refractivity contribution in [2.45, 2.75) is 12.5 Å². The lowest BCUT2D eigenvalue weighted by Gasteiger charge is -2.34. The number of amides is 1. The normalized spacial score (nSPS) is 15.6. The van der Waals surface area contributed by atoms with Crippen LogP contribution in [0.1, 0.15) is 28.8 Å². The molecule has 0 bridgehead atoms. The number of hydrogen-bond donors (Lipinski definition) is 2. The summed E-state index contributed by atoms with van der Waals surface area (Å²) in [6.07, 6.45) is 4.61. The van der Waals surface area contributed by atoms with Crippen LogP contribution in [0, 0.1) is 17.2 Å². The molecule has 0 radical (unpaired) electrons. The van der Waals surface area contributed by atoms with E-state index in [1.165, 1.54) is 10.9 Å². The standard InChI is InChI=1S/C22H19N9O2/c1-22(33,20-25-6-2-7-26-20)14-3-4-15-16(9-14)31(17-5-8-27-21(24)28-17)29-18(15)19(32)30-11-13(10-23)12-30/h2-9,13,33H,11-12H2,1H3,(H2,24,27,28). The molecule has 33 heavy (non-hydrogen) atoms. The molecular formula is C22H19N9O2. The maximum atomic E-state index is 13.1. The lowest BCUT2D eigenvalue weighted by molar-refractivity contribution is 0.0572. The minimum Gasteiger partial charge on any atom is -0.377 e. The van der Waals surface area contributed by atoms with E-state index < -0.39 is 5.60 Å². The van der Waals surface area contributed by atoms with Gasteiger partial charge < -0.3 is 15.7 Å². The van der Waals surface area contributed by atoms with Crippen molar-refractivity contribution in [3.8, 4) is 11.9 Å². The van der Waals surface area contributed by atoms with Gasteiger partial charge in [-0.15, -0.1) is 0 Å². The molecule has 0 spiro atoms. The number of rotatable bonds is 4. The van der Waals surface area contributed by atoms with E-state index in [9.17, 15) is 9.90 Å². The Morgan fingerprint density at radius 3 is 2.67 bits per heavy atom. The molecule has 11 heteroatoms. The molecule has 0 aliphatic carbocycles. The number of nitrogen functional groups attached to an aromatic ring is 1. The zero-order valence-corrected chi connectivity index (χ0v) is 17.6. The fourth-order valence-electron chi connectivity index (χ4n) is 3.79. The highest BCUT2D eigenvalue weighted by Crippen LogP contribution is 2.32. The van der Waals surface area contributed by atoms with Crippen LogP contribution in [-0.2, 0) is 5.60 Å². The molecule has 3 N–H and O–H groups in total. The maximum absolute atomic E-state index is 13.1. The number of likely N-dealkylation sites (tertiary alicyclic amines) is 1. The number of fused-ring (bicyclic) bond motifs is 1. The predicted molar refractivity (Wildman–Crippen MR) is 117 cm³/mol. The first-order valence-electron chi connectivity index (χ1n) is 10.2. The summed E-state index contributed by atoms with van der Waals surface area (Å²) in [4.78, 5) is 31.2. The Morgan fingerprint density at radius 1 is 1.21 bits per heavy atom. The number of nitrogens with two attached hydrogens (primary N) is 1. The van der Waals surface area contributed by atoms with Crippen LogP contribution in [0.5, 0.6) is 0 Å². The Labute approximate surface area is 188 Å². The molecule has 4 aromatic rings. The number of carbonyl (C=O) groups excluding carboxylic acids is 1. The van der Waals surface area contributed by atoms with Gasteiger partial charge >= 0.3 is 0 Å². The summed E-state index contributed by atoms with van der Waals surface area (Å²) in [5.41, 5.74) is 5.55. The van der Waals surface area contributed by atoms with Crippen molar-refractivity contribution in [2.24, 2.45) is 5.92 Å². The Balaban J connectivity index is 1.66. The van der Waals surface area contributed by atoms with E-state index in [0.717, 1.165) is 0 Å². The molecule has 1 unspecified atom stereocenters. The number of anilines is 1. The van der Waals surface area contributed by atoms with E-state index in [0.29, 0.717) is 35.4 Å². The van der Waals surface area contributed by atoms with Gasteiger partial charge in [0.15, 0.2) is 17.3 Å². The quantitative estimate of drug-likeness (QED) is 0.471. The van der Waals surface area contributed by atoms with E-state index in [2.05, 4.69) is 31.1 Å². The average Bonchev–Trinajstić information content (AvgIpc) is 3.18. The fraction of sp³-hybridized carbons (Fsp3) is 0.227. The molecule has 1 saturated heterocycles. The Bertz CT molecular complexity index is 1400. The van der Waals surface area contributed by atoms with Gasteiger partial charge in [0.05, 0.1) is 17.5 Å². The largest absolute Gasteiger partial charge is 0.377 e. The highest BCUT2D eigenvalue weighted by molar-refractivity contribution is 6.05. The number of hydrogen-bond acceptors (Lipinski definition) is 9. The number of aromatic nitrogens is 6. The van der Waals surface area contributed by atoms with Crippen LogP contribution in [0.4, 0.5) is 5.95 Å². The number of benzene rings is 1. The highest BCUT2D eigenvalue weighted by Gasteiger charge is 2.35. The monoisotopic (exact) mass is 441 g/mol. The first-order chi connectivity index (χ1) is 15.9. The summed E-state index contributed by atoms with van der Waals surface area (Å²) in [6.45, 7) is 2.33. The number of nitrogens with zero attached hydrogens (tertiary/aromatic N) is 8. The molecule has 1 fully saturated rings. The van der Waals surface area contributed by atoms with Gasteiger partial charge in [-0.3, -0.25) is 4.79 Å². The third-order valence-corrected chi connectivity index (χ3v) is 5.67. The zero-order chi connectivity index (χ0) is 23.2. The van der Waals surface area contributed by atoms with Crippen molar-refractivity contribution >= 4 is 22.8 Å². The summed E-state index contributed by atoms with van der Waals surface area (Å²) >= 11 is 0. The fourth-order valence-corrected chi connectivity index (χ4v) is 3.79. The Hall–Kier alpha value is -4.43. The van der Waals surface area contributed by atoms with Crippen molar-refractivity contribution in [3.63, 3.8) is 0 Å². The van der Waals surface area contributed by atoms with Crippen LogP contribution in [0.2, 0.25) is 0 Å². The van der Waals surface area contributed by atoms with Gasteiger partial charge in [0.2, 0.25) is 5.95 Å². The Kier molecular flexibility index (Phi) is 4.72. The average molecular weight is 441 g/mol. The Morgan fingerprint density at radius 2 is 1.97 bits per heavy atom. The number of aliphatic hydroxyl groups is 1. The van der Waals surface area contributed by atoms with E-state index in [-0.39, 0.29) is 29.3 Å². The molecule has 3 aromatic heterocycles. The molecule has 1 aliphatic heterocycles. The zero-order valence-electron chi connectivity index (χ0n) is 17.6. The van der Waals surface area contributed by atoms with Crippen molar-refractivity contribution in [2.75, 3.05) is 18.8 Å². The molecular weight excluding hydrogens is 422 g/mol. The van der Waals surface area contributed by atoms with Crippen LogP contribution in [0.15, 0.2) is 48.9 Å². The van der Waals surface area contributed by atoms with Crippen molar-refractivity contribution in [1.29, 1.82) is 5.26 Å². The molecule has 1 amide bonds. The minimum absolute atomic E-state index is 0.0597. The van der Waals surface area contributed by atoms with Gasteiger partial charge in [0.1, 0.15) is 5.60 Å². The lowest BCUT2D eigenvalue weighted by Crippen LogP contribution is -2.49. The van der Waals surface area contributed by atoms with Crippen molar-refractivity contribution < 1.29 is 9.90 Å².